The van der Waals surface area contributed by atoms with Crippen molar-refractivity contribution in [1.82, 2.24) is 19.7 Å². The third-order valence-electron chi connectivity index (χ3n) is 7.22. The van der Waals surface area contributed by atoms with E-state index in [0.717, 1.165) is 25.0 Å². The van der Waals surface area contributed by atoms with Crippen LogP contribution in [0, 0.1) is 12.8 Å². The van der Waals surface area contributed by atoms with Gasteiger partial charge in [0.05, 0.1) is 24.0 Å². The summed E-state index contributed by atoms with van der Waals surface area (Å²) in [4.78, 5) is 33.3. The number of primary amides is 1. The molecular weight excluding hydrogens is 493 g/mol. The summed E-state index contributed by atoms with van der Waals surface area (Å²) in [5.41, 5.74) is 7.09. The predicted molar refractivity (Wildman–Crippen MR) is 125 cm³/mol. The van der Waals surface area contributed by atoms with Crippen molar-refractivity contribution in [2.45, 2.75) is 43.5 Å². The van der Waals surface area contributed by atoms with Gasteiger partial charge in [0.1, 0.15) is 5.69 Å². The lowest BCUT2D eigenvalue weighted by Gasteiger charge is -2.28. The van der Waals surface area contributed by atoms with E-state index in [1.165, 1.54) is 22.9 Å². The number of rotatable bonds is 6. The molecule has 6 N–H and O–H groups in total. The molecule has 37 heavy (non-hydrogen) atoms. The SMILES string of the molecule is Cc1ccc(C(O)(C(N)=O)C(F)(F)F)cc1-c1cnc2c(N)nc(C(=O)NC3(C4CC4)CCOC3)cn12. The molecular formula is C24H25F3N6O4. The van der Waals surface area contributed by atoms with Crippen molar-refractivity contribution in [3.63, 3.8) is 0 Å². The molecule has 1 aromatic carbocycles. The van der Waals surface area contributed by atoms with Crippen LogP contribution in [-0.2, 0) is 15.1 Å². The van der Waals surface area contributed by atoms with Gasteiger partial charge in [0.25, 0.3) is 17.4 Å². The van der Waals surface area contributed by atoms with Gasteiger partial charge in [-0.2, -0.15) is 13.2 Å². The molecule has 0 spiro atoms. The maximum Gasteiger partial charge on any atom is 0.430 e. The number of aromatic nitrogens is 3. The maximum atomic E-state index is 13.7. The summed E-state index contributed by atoms with van der Waals surface area (Å²) in [5.74, 6) is -2.15. The molecule has 2 atom stereocenters. The van der Waals surface area contributed by atoms with Crippen LogP contribution in [0.4, 0.5) is 19.0 Å². The number of halogens is 3. The molecule has 0 radical (unpaired) electrons. The first-order valence-electron chi connectivity index (χ1n) is 11.6. The highest BCUT2D eigenvalue weighted by molar-refractivity contribution is 5.94. The molecule has 1 saturated heterocycles. The number of nitrogens with one attached hydrogen (secondary N) is 1. The standard InChI is InChI=1S/C24H25F3N6O4/c1-12-2-3-14(23(36,21(29)35)24(25,26)27)8-15(12)17-9-30-19-18(28)31-16(10-33(17)19)20(34)32-22(13-4-5-13)6-7-37-11-22/h2-3,8-10,13,36H,4-7,11H2,1H3,(H2,28,31)(H2,29,35)(H,32,34). The zero-order valence-electron chi connectivity index (χ0n) is 19.8. The summed E-state index contributed by atoms with van der Waals surface area (Å²) in [6.07, 6.45) is 0.0754. The van der Waals surface area contributed by atoms with E-state index in [1.54, 1.807) is 6.92 Å². The minimum atomic E-state index is -5.36. The van der Waals surface area contributed by atoms with Crippen molar-refractivity contribution in [2.24, 2.45) is 11.7 Å². The van der Waals surface area contributed by atoms with Crippen LogP contribution < -0.4 is 16.8 Å². The number of nitrogens with two attached hydrogens (primary N) is 2. The van der Waals surface area contributed by atoms with E-state index in [4.69, 9.17) is 16.2 Å². The number of amides is 2. The third-order valence-corrected chi connectivity index (χ3v) is 7.22. The zero-order chi connectivity index (χ0) is 26.8. The van der Waals surface area contributed by atoms with Gasteiger partial charge in [0, 0.05) is 23.9 Å². The molecule has 2 amide bonds. The number of fused-ring (bicyclic) bond motifs is 1. The highest BCUT2D eigenvalue weighted by Gasteiger charge is 2.60. The molecule has 3 heterocycles. The van der Waals surface area contributed by atoms with Crippen molar-refractivity contribution in [2.75, 3.05) is 18.9 Å². The highest BCUT2D eigenvalue weighted by atomic mass is 19.4. The van der Waals surface area contributed by atoms with Gasteiger partial charge in [0.2, 0.25) is 0 Å². The van der Waals surface area contributed by atoms with Gasteiger partial charge < -0.3 is 26.6 Å². The molecule has 13 heteroatoms. The van der Waals surface area contributed by atoms with Crippen LogP contribution in [0.15, 0.2) is 30.6 Å². The lowest BCUT2D eigenvalue weighted by molar-refractivity contribution is -0.255. The summed E-state index contributed by atoms with van der Waals surface area (Å²) >= 11 is 0. The van der Waals surface area contributed by atoms with Gasteiger partial charge in [0.15, 0.2) is 11.5 Å². The molecule has 1 aliphatic carbocycles. The van der Waals surface area contributed by atoms with Crippen molar-refractivity contribution >= 4 is 23.3 Å². The number of nitrogens with zero attached hydrogens (tertiary/aromatic N) is 3. The Bertz CT molecular complexity index is 1410. The smallest absolute Gasteiger partial charge is 0.381 e. The average molecular weight is 518 g/mol. The van der Waals surface area contributed by atoms with E-state index in [1.807, 2.05) is 0 Å². The minimum Gasteiger partial charge on any atom is -0.381 e. The summed E-state index contributed by atoms with van der Waals surface area (Å²) in [5, 5.41) is 13.3. The topological polar surface area (TPSA) is 158 Å². The van der Waals surface area contributed by atoms with Crippen LogP contribution in [0.25, 0.3) is 16.9 Å². The zero-order valence-corrected chi connectivity index (χ0v) is 19.8. The van der Waals surface area contributed by atoms with Gasteiger partial charge in [-0.15, -0.1) is 0 Å². The number of ether oxygens (including phenoxy) is 1. The summed E-state index contributed by atoms with van der Waals surface area (Å²) in [6.45, 7) is 2.58. The number of benzene rings is 1. The molecule has 0 bridgehead atoms. The van der Waals surface area contributed by atoms with Crippen LogP contribution in [0.2, 0.25) is 0 Å². The van der Waals surface area contributed by atoms with Crippen LogP contribution in [0.3, 0.4) is 0 Å². The number of carbonyl (C=O) groups is 2. The summed E-state index contributed by atoms with van der Waals surface area (Å²) in [6, 6.07) is 3.32. The van der Waals surface area contributed by atoms with Crippen molar-refractivity contribution in [3.05, 3.63) is 47.4 Å². The van der Waals surface area contributed by atoms with Gasteiger partial charge in [-0.25, -0.2) is 9.97 Å². The lowest BCUT2D eigenvalue weighted by atomic mass is 9.89. The number of aliphatic hydroxyl groups is 1. The molecule has 5 rings (SSSR count). The summed E-state index contributed by atoms with van der Waals surface area (Å²) < 4.78 is 48.0. The van der Waals surface area contributed by atoms with Gasteiger partial charge in [-0.05, 0) is 43.7 Å². The van der Waals surface area contributed by atoms with Crippen LogP contribution in [0.5, 0.6) is 0 Å². The van der Waals surface area contributed by atoms with E-state index in [0.29, 0.717) is 31.1 Å². The number of hydrogen-bond acceptors (Lipinski definition) is 7. The lowest BCUT2D eigenvalue weighted by Crippen LogP contribution is -2.52. The Morgan fingerprint density at radius 3 is 2.62 bits per heavy atom. The number of anilines is 1. The molecule has 1 saturated carbocycles. The number of nitrogen functional groups attached to an aromatic ring is 1. The Hall–Kier alpha value is -3.71. The van der Waals surface area contributed by atoms with E-state index < -0.39 is 34.7 Å². The monoisotopic (exact) mass is 518 g/mol. The van der Waals surface area contributed by atoms with E-state index >= 15 is 0 Å². The Morgan fingerprint density at radius 1 is 1.30 bits per heavy atom. The quantitative estimate of drug-likeness (QED) is 0.388. The minimum absolute atomic E-state index is 0.00563. The first kappa shape index (κ1) is 25.0. The Labute approximate surface area is 208 Å². The van der Waals surface area contributed by atoms with Crippen LogP contribution in [0.1, 0.15) is 40.9 Å². The molecule has 2 aliphatic rings. The second kappa shape index (κ2) is 8.42. The fourth-order valence-corrected chi connectivity index (χ4v) is 4.92. The molecule has 2 unspecified atom stereocenters. The van der Waals surface area contributed by atoms with Gasteiger partial charge in [-0.3, -0.25) is 14.0 Å². The first-order valence-corrected chi connectivity index (χ1v) is 11.6. The third kappa shape index (κ3) is 3.98. The highest BCUT2D eigenvalue weighted by Crippen LogP contribution is 2.44. The van der Waals surface area contributed by atoms with Crippen LogP contribution in [-0.4, -0.2) is 56.2 Å². The molecule has 2 aromatic heterocycles. The second-order valence-electron chi connectivity index (χ2n) is 9.64. The van der Waals surface area contributed by atoms with E-state index in [2.05, 4.69) is 15.3 Å². The van der Waals surface area contributed by atoms with Crippen molar-refractivity contribution < 1.29 is 32.6 Å². The first-order chi connectivity index (χ1) is 17.4. The summed E-state index contributed by atoms with van der Waals surface area (Å²) in [7, 11) is 0. The average Bonchev–Trinajstić information content (AvgIpc) is 3.44. The number of imidazole rings is 1. The Balaban J connectivity index is 1.58. The number of aryl methyl sites for hydroxylation is 1. The van der Waals surface area contributed by atoms with Crippen LogP contribution >= 0.6 is 0 Å². The largest absolute Gasteiger partial charge is 0.430 e. The normalized spacial score (nSPS) is 21.6. The van der Waals surface area contributed by atoms with Gasteiger partial charge >= 0.3 is 6.18 Å². The van der Waals surface area contributed by atoms with Crippen molar-refractivity contribution in [3.8, 4) is 11.3 Å². The maximum absolute atomic E-state index is 13.7. The van der Waals surface area contributed by atoms with E-state index in [9.17, 15) is 27.9 Å². The number of alkyl halides is 3. The Morgan fingerprint density at radius 2 is 2.03 bits per heavy atom. The second-order valence-corrected chi connectivity index (χ2v) is 9.64. The van der Waals surface area contributed by atoms with Crippen molar-refractivity contribution in [1.29, 1.82) is 0 Å². The Kier molecular flexibility index (Phi) is 5.68. The number of carbonyl (C=O) groups excluding carboxylic acids is 2. The molecule has 2 fully saturated rings. The van der Waals surface area contributed by atoms with Gasteiger partial charge in [-0.1, -0.05) is 12.1 Å². The van der Waals surface area contributed by atoms with E-state index in [-0.39, 0.29) is 28.4 Å². The fourth-order valence-electron chi connectivity index (χ4n) is 4.92. The number of hydrogen-bond donors (Lipinski definition) is 4. The molecule has 10 nitrogen and oxygen atoms in total. The molecule has 3 aromatic rings. The molecule has 1 aliphatic heterocycles. The predicted octanol–water partition coefficient (Wildman–Crippen LogP) is 1.82. The molecule has 196 valence electrons. The fraction of sp³-hybridized carbons (Fsp3) is 0.417.